The van der Waals surface area contributed by atoms with Crippen molar-refractivity contribution in [3.8, 4) is 9.88 Å². The lowest BCUT2D eigenvalue weighted by atomic mass is 9.91. The summed E-state index contributed by atoms with van der Waals surface area (Å²) in [5.41, 5.74) is 0.916. The number of thiophene rings is 1. The molecule has 0 radical (unpaired) electrons. The van der Waals surface area contributed by atoms with Crippen LogP contribution in [0.5, 0.6) is 0 Å². The predicted octanol–water partition coefficient (Wildman–Crippen LogP) is 4.51. The Labute approximate surface area is 130 Å². The summed E-state index contributed by atoms with van der Waals surface area (Å²) in [6, 6.07) is 3.86. The van der Waals surface area contributed by atoms with Crippen molar-refractivity contribution in [2.45, 2.75) is 32.1 Å². The van der Waals surface area contributed by atoms with Gasteiger partial charge in [0, 0.05) is 4.88 Å². The summed E-state index contributed by atoms with van der Waals surface area (Å²) in [5, 5.41) is 0.961. The van der Waals surface area contributed by atoms with Crippen LogP contribution in [0, 0.1) is 0 Å². The van der Waals surface area contributed by atoms with E-state index in [1.807, 2.05) is 19.1 Å². The molecule has 20 heavy (non-hydrogen) atoms. The number of halogens is 1. The zero-order chi connectivity index (χ0) is 14.1. The third kappa shape index (κ3) is 2.62. The van der Waals surface area contributed by atoms with Crippen LogP contribution in [0.25, 0.3) is 9.88 Å². The topological polar surface area (TPSA) is 39.2 Å². The van der Waals surface area contributed by atoms with Gasteiger partial charge in [0.1, 0.15) is 10.9 Å². The van der Waals surface area contributed by atoms with E-state index in [4.69, 9.17) is 16.3 Å². The highest BCUT2D eigenvalue weighted by atomic mass is 35.5. The molecule has 0 saturated heterocycles. The summed E-state index contributed by atoms with van der Waals surface area (Å²) >= 11 is 9.17. The van der Waals surface area contributed by atoms with Crippen molar-refractivity contribution in [2.75, 3.05) is 6.61 Å². The minimum atomic E-state index is -0.195. The SMILES string of the molecule is CCOC(=O)C1CCCc2sc(-c3ccc(Cl)s3)nc21. The number of hydrogen-bond donors (Lipinski definition) is 0. The number of carbonyl (C=O) groups excluding carboxylic acids is 1. The summed E-state index contributed by atoms with van der Waals surface area (Å²) in [6.07, 6.45) is 2.85. The summed E-state index contributed by atoms with van der Waals surface area (Å²) in [4.78, 5) is 19.0. The summed E-state index contributed by atoms with van der Waals surface area (Å²) < 4.78 is 5.92. The first-order chi connectivity index (χ1) is 9.69. The van der Waals surface area contributed by atoms with Crippen LogP contribution >= 0.6 is 34.3 Å². The van der Waals surface area contributed by atoms with Gasteiger partial charge in [0.25, 0.3) is 0 Å². The Morgan fingerprint density at radius 3 is 3.05 bits per heavy atom. The molecule has 2 heterocycles. The van der Waals surface area contributed by atoms with Crippen LogP contribution in [0.3, 0.4) is 0 Å². The van der Waals surface area contributed by atoms with Crippen molar-refractivity contribution in [1.82, 2.24) is 4.98 Å². The minimum Gasteiger partial charge on any atom is -0.465 e. The number of thiazole rings is 1. The number of fused-ring (bicyclic) bond motifs is 1. The predicted molar refractivity (Wildman–Crippen MR) is 82.7 cm³/mol. The van der Waals surface area contributed by atoms with Crippen LogP contribution in [0.2, 0.25) is 4.34 Å². The molecule has 0 aliphatic heterocycles. The van der Waals surface area contributed by atoms with Gasteiger partial charge in [-0.25, -0.2) is 4.98 Å². The van der Waals surface area contributed by atoms with Gasteiger partial charge in [0.15, 0.2) is 0 Å². The number of aryl methyl sites for hydroxylation is 1. The molecule has 0 fully saturated rings. The number of aromatic nitrogens is 1. The Morgan fingerprint density at radius 1 is 1.50 bits per heavy atom. The van der Waals surface area contributed by atoms with Crippen molar-refractivity contribution in [1.29, 1.82) is 0 Å². The van der Waals surface area contributed by atoms with Gasteiger partial charge in [-0.3, -0.25) is 4.79 Å². The number of hydrogen-bond acceptors (Lipinski definition) is 5. The van der Waals surface area contributed by atoms with Crippen LogP contribution in [0.1, 0.15) is 36.3 Å². The van der Waals surface area contributed by atoms with Crippen LogP contribution in [0.4, 0.5) is 0 Å². The Balaban J connectivity index is 1.94. The number of nitrogens with zero attached hydrogens (tertiary/aromatic N) is 1. The molecule has 3 nitrogen and oxygen atoms in total. The van der Waals surface area contributed by atoms with E-state index in [0.29, 0.717) is 6.61 Å². The molecule has 3 rings (SSSR count). The first-order valence-corrected chi connectivity index (χ1v) is 8.62. The van der Waals surface area contributed by atoms with Crippen LogP contribution in [0.15, 0.2) is 12.1 Å². The number of rotatable bonds is 3. The highest BCUT2D eigenvalue weighted by Gasteiger charge is 2.31. The van der Waals surface area contributed by atoms with E-state index in [-0.39, 0.29) is 11.9 Å². The molecule has 1 aliphatic carbocycles. The van der Waals surface area contributed by atoms with Crippen LogP contribution < -0.4 is 0 Å². The van der Waals surface area contributed by atoms with Crippen molar-refractivity contribution >= 4 is 40.2 Å². The van der Waals surface area contributed by atoms with Crippen LogP contribution in [-0.4, -0.2) is 17.6 Å². The average Bonchev–Trinajstić information content (AvgIpc) is 3.03. The fourth-order valence-electron chi connectivity index (χ4n) is 2.43. The van der Waals surface area contributed by atoms with E-state index in [0.717, 1.165) is 39.2 Å². The largest absolute Gasteiger partial charge is 0.465 e. The van der Waals surface area contributed by atoms with Gasteiger partial charge >= 0.3 is 5.97 Å². The van der Waals surface area contributed by atoms with Gasteiger partial charge in [-0.2, -0.15) is 0 Å². The lowest BCUT2D eigenvalue weighted by molar-refractivity contribution is -0.145. The first-order valence-electron chi connectivity index (χ1n) is 6.61. The molecule has 0 spiro atoms. The van der Waals surface area contributed by atoms with E-state index in [2.05, 4.69) is 4.98 Å². The second kappa shape index (κ2) is 5.84. The fraction of sp³-hybridized carbons (Fsp3) is 0.429. The first kappa shape index (κ1) is 14.0. The molecule has 0 N–H and O–H groups in total. The lowest BCUT2D eigenvalue weighted by Crippen LogP contribution is -2.20. The third-order valence-electron chi connectivity index (χ3n) is 3.31. The molecule has 106 valence electrons. The molecule has 1 aliphatic rings. The molecule has 6 heteroatoms. The monoisotopic (exact) mass is 327 g/mol. The second-order valence-corrected chi connectivity index (χ2v) is 7.43. The highest BCUT2D eigenvalue weighted by molar-refractivity contribution is 7.23. The van der Waals surface area contributed by atoms with E-state index in [9.17, 15) is 4.79 Å². The van der Waals surface area contributed by atoms with Gasteiger partial charge in [-0.15, -0.1) is 22.7 Å². The van der Waals surface area contributed by atoms with Crippen molar-refractivity contribution < 1.29 is 9.53 Å². The summed E-state index contributed by atoms with van der Waals surface area (Å²) in [5.74, 6) is -0.339. The molecule has 1 atom stereocenters. The molecular formula is C14H14ClNO2S2. The van der Waals surface area contributed by atoms with Crippen molar-refractivity contribution in [3.05, 3.63) is 27.0 Å². The smallest absolute Gasteiger partial charge is 0.315 e. The van der Waals surface area contributed by atoms with E-state index >= 15 is 0 Å². The minimum absolute atomic E-state index is 0.144. The summed E-state index contributed by atoms with van der Waals surface area (Å²) in [6.45, 7) is 2.25. The third-order valence-corrected chi connectivity index (χ3v) is 5.84. The zero-order valence-electron chi connectivity index (χ0n) is 11.0. The van der Waals surface area contributed by atoms with Gasteiger partial charge in [-0.05, 0) is 38.3 Å². The maximum absolute atomic E-state index is 12.0. The highest BCUT2D eigenvalue weighted by Crippen LogP contribution is 2.41. The summed E-state index contributed by atoms with van der Waals surface area (Å²) in [7, 11) is 0. The lowest BCUT2D eigenvalue weighted by Gasteiger charge is -2.19. The van der Waals surface area contributed by atoms with Gasteiger partial charge in [0.2, 0.25) is 0 Å². The van der Waals surface area contributed by atoms with Gasteiger partial charge < -0.3 is 4.74 Å². The Morgan fingerprint density at radius 2 is 2.35 bits per heavy atom. The molecule has 0 amide bonds. The van der Waals surface area contributed by atoms with E-state index < -0.39 is 0 Å². The Kier molecular flexibility index (Phi) is 4.10. The van der Waals surface area contributed by atoms with Crippen molar-refractivity contribution in [2.24, 2.45) is 0 Å². The van der Waals surface area contributed by atoms with Crippen molar-refractivity contribution in [3.63, 3.8) is 0 Å². The fourth-order valence-corrected chi connectivity index (χ4v) is 4.69. The number of carbonyl (C=O) groups is 1. The van der Waals surface area contributed by atoms with Gasteiger partial charge in [-0.1, -0.05) is 11.6 Å². The standard InChI is InChI=1S/C14H14ClNO2S2/c1-2-18-14(17)8-4-3-5-9-12(8)16-13(20-9)10-6-7-11(15)19-10/h6-8H,2-5H2,1H3. The molecule has 1 unspecified atom stereocenters. The molecule has 0 bridgehead atoms. The maximum Gasteiger partial charge on any atom is 0.315 e. The Bertz CT molecular complexity index is 635. The average molecular weight is 328 g/mol. The van der Waals surface area contributed by atoms with E-state index in [1.165, 1.54) is 16.2 Å². The second-order valence-electron chi connectivity index (χ2n) is 4.63. The molecule has 2 aromatic rings. The zero-order valence-corrected chi connectivity index (χ0v) is 13.4. The Hall–Kier alpha value is -0.910. The van der Waals surface area contributed by atoms with Crippen LogP contribution in [-0.2, 0) is 16.0 Å². The normalized spacial score (nSPS) is 17.8. The quantitative estimate of drug-likeness (QED) is 0.779. The van der Waals surface area contributed by atoms with Gasteiger partial charge in [0.05, 0.1) is 21.5 Å². The molecular weight excluding hydrogens is 314 g/mol. The number of ether oxygens (including phenoxy) is 1. The number of esters is 1. The maximum atomic E-state index is 12.0. The molecule has 2 aromatic heterocycles. The van der Waals surface area contributed by atoms with E-state index in [1.54, 1.807) is 11.3 Å². The molecule has 0 saturated carbocycles. The molecule has 0 aromatic carbocycles.